The van der Waals surface area contributed by atoms with Crippen LogP contribution in [0.15, 0.2) is 30.3 Å². The Morgan fingerprint density at radius 3 is 2.25 bits per heavy atom. The number of hydrogen-bond acceptors (Lipinski definition) is 2. The Balaban J connectivity index is 1.67. The van der Waals surface area contributed by atoms with Crippen molar-refractivity contribution in [2.24, 2.45) is 11.8 Å². The predicted molar refractivity (Wildman–Crippen MR) is 63.3 cm³/mol. The average Bonchev–Trinajstić information content (AvgIpc) is 2.91. The van der Waals surface area contributed by atoms with Gasteiger partial charge in [-0.3, -0.25) is 0 Å². The third kappa shape index (κ3) is 0.881. The van der Waals surface area contributed by atoms with Crippen LogP contribution in [0.1, 0.15) is 19.8 Å². The Morgan fingerprint density at radius 2 is 1.69 bits per heavy atom. The van der Waals surface area contributed by atoms with Crippen LogP contribution >= 0.6 is 0 Å². The molecule has 0 radical (unpaired) electrons. The van der Waals surface area contributed by atoms with Crippen LogP contribution in [-0.4, -0.2) is 22.8 Å². The maximum atomic E-state index is 10.4. The normalized spacial score (nSPS) is 48.2. The second-order valence-electron chi connectivity index (χ2n) is 5.74. The fraction of sp³-hybridized carbons (Fsp3) is 0.571. The molecule has 2 nitrogen and oxygen atoms in total. The number of hydrogen-bond donors (Lipinski definition) is 1. The van der Waals surface area contributed by atoms with E-state index in [4.69, 9.17) is 0 Å². The SMILES string of the molecule is CC1(O)[C@@H]2CC[C@H]1[C@@H]1[C@H]2N1c1ccccc1. The summed E-state index contributed by atoms with van der Waals surface area (Å²) >= 11 is 0. The molecular weight excluding hydrogens is 198 g/mol. The summed E-state index contributed by atoms with van der Waals surface area (Å²) in [5.41, 5.74) is 0.950. The molecule has 2 aliphatic carbocycles. The monoisotopic (exact) mass is 215 g/mol. The molecule has 1 aliphatic heterocycles. The topological polar surface area (TPSA) is 23.2 Å². The summed E-state index contributed by atoms with van der Waals surface area (Å²) in [6.45, 7) is 2.05. The highest BCUT2D eigenvalue weighted by Gasteiger charge is 2.72. The zero-order chi connectivity index (χ0) is 10.9. The number of para-hydroxylation sites is 1. The van der Waals surface area contributed by atoms with E-state index in [0.717, 1.165) is 0 Å². The summed E-state index contributed by atoms with van der Waals surface area (Å²) in [6.07, 6.45) is 2.42. The molecule has 0 spiro atoms. The summed E-state index contributed by atoms with van der Waals surface area (Å²) in [4.78, 5) is 2.51. The van der Waals surface area contributed by atoms with Crippen molar-refractivity contribution in [2.45, 2.75) is 37.5 Å². The second kappa shape index (κ2) is 2.62. The van der Waals surface area contributed by atoms with Crippen LogP contribution < -0.4 is 4.90 Å². The molecule has 2 heteroatoms. The molecule has 16 heavy (non-hydrogen) atoms. The second-order valence-corrected chi connectivity index (χ2v) is 5.74. The zero-order valence-corrected chi connectivity index (χ0v) is 9.50. The molecule has 0 amide bonds. The Kier molecular flexibility index (Phi) is 1.48. The molecule has 1 unspecified atom stereocenters. The number of piperidine rings is 1. The minimum Gasteiger partial charge on any atom is -0.389 e. The van der Waals surface area contributed by atoms with E-state index in [0.29, 0.717) is 23.9 Å². The summed E-state index contributed by atoms with van der Waals surface area (Å²) < 4.78 is 0. The lowest BCUT2D eigenvalue weighted by molar-refractivity contribution is 0.00457. The Morgan fingerprint density at radius 1 is 1.12 bits per heavy atom. The molecule has 5 atom stereocenters. The van der Waals surface area contributed by atoms with Crippen molar-refractivity contribution in [2.75, 3.05) is 4.90 Å². The molecule has 1 aromatic rings. The first kappa shape index (κ1) is 9.06. The van der Waals surface area contributed by atoms with Crippen LogP contribution in [-0.2, 0) is 0 Å². The molecule has 2 saturated carbocycles. The van der Waals surface area contributed by atoms with E-state index >= 15 is 0 Å². The smallest absolute Gasteiger partial charge is 0.0716 e. The van der Waals surface area contributed by atoms with E-state index in [9.17, 15) is 5.11 Å². The Bertz CT molecular complexity index is 408. The molecule has 0 aromatic heterocycles. The van der Waals surface area contributed by atoms with Gasteiger partial charge in [-0.2, -0.15) is 0 Å². The van der Waals surface area contributed by atoms with Crippen LogP contribution in [0.4, 0.5) is 5.69 Å². The fourth-order valence-electron chi connectivity index (χ4n) is 4.33. The molecular formula is C14H17NO. The molecule has 3 fully saturated rings. The van der Waals surface area contributed by atoms with Crippen LogP contribution in [0, 0.1) is 11.8 Å². The Labute approximate surface area is 95.9 Å². The highest BCUT2D eigenvalue weighted by molar-refractivity contribution is 5.60. The van der Waals surface area contributed by atoms with Crippen LogP contribution in [0.25, 0.3) is 0 Å². The van der Waals surface area contributed by atoms with E-state index in [-0.39, 0.29) is 5.60 Å². The van der Waals surface area contributed by atoms with E-state index in [2.05, 4.69) is 35.2 Å². The first-order valence-corrected chi connectivity index (χ1v) is 6.27. The average molecular weight is 215 g/mol. The van der Waals surface area contributed by atoms with Gasteiger partial charge in [-0.15, -0.1) is 0 Å². The van der Waals surface area contributed by atoms with Crippen molar-refractivity contribution in [1.82, 2.24) is 0 Å². The molecule has 1 saturated heterocycles. The minimum atomic E-state index is -0.388. The molecule has 2 bridgehead atoms. The molecule has 3 aliphatic rings. The van der Waals surface area contributed by atoms with Gasteiger partial charge in [0, 0.05) is 17.5 Å². The van der Waals surface area contributed by atoms with Gasteiger partial charge in [0.15, 0.2) is 0 Å². The summed E-state index contributed by atoms with van der Waals surface area (Å²) in [7, 11) is 0. The lowest BCUT2D eigenvalue weighted by atomic mass is 9.91. The van der Waals surface area contributed by atoms with Gasteiger partial charge in [0.25, 0.3) is 0 Å². The maximum absolute atomic E-state index is 10.4. The molecule has 84 valence electrons. The summed E-state index contributed by atoms with van der Waals surface area (Å²) in [6, 6.07) is 11.9. The van der Waals surface area contributed by atoms with Crippen molar-refractivity contribution in [3.63, 3.8) is 0 Å². The van der Waals surface area contributed by atoms with Gasteiger partial charge in [0.1, 0.15) is 0 Å². The fourth-order valence-corrected chi connectivity index (χ4v) is 4.33. The standard InChI is InChI=1S/C14H17NO/c1-14(16)10-7-8-11(14)13-12(10)15(13)9-5-3-2-4-6-9/h2-6,10-13,16H,7-8H2,1H3/t10-,11+,12+,13-,14?,15?. The number of benzene rings is 1. The highest BCUT2D eigenvalue weighted by atomic mass is 16.3. The first-order chi connectivity index (χ1) is 7.71. The maximum Gasteiger partial charge on any atom is 0.0716 e. The van der Waals surface area contributed by atoms with E-state index in [1.54, 1.807) is 0 Å². The van der Waals surface area contributed by atoms with Gasteiger partial charge in [0.05, 0.1) is 17.7 Å². The van der Waals surface area contributed by atoms with Gasteiger partial charge < -0.3 is 10.0 Å². The van der Waals surface area contributed by atoms with Gasteiger partial charge in [-0.1, -0.05) is 18.2 Å². The molecule has 4 rings (SSSR count). The highest BCUT2D eigenvalue weighted by Crippen LogP contribution is 2.63. The van der Waals surface area contributed by atoms with Crippen molar-refractivity contribution in [1.29, 1.82) is 0 Å². The lowest BCUT2D eigenvalue weighted by Gasteiger charge is -2.29. The third-order valence-electron chi connectivity index (χ3n) is 5.07. The van der Waals surface area contributed by atoms with Crippen molar-refractivity contribution in [3.05, 3.63) is 30.3 Å². The van der Waals surface area contributed by atoms with Gasteiger partial charge in [0.2, 0.25) is 0 Å². The van der Waals surface area contributed by atoms with Crippen LogP contribution in [0.2, 0.25) is 0 Å². The van der Waals surface area contributed by atoms with Crippen LogP contribution in [0.5, 0.6) is 0 Å². The number of anilines is 1. The number of aliphatic hydroxyl groups is 1. The molecule has 1 heterocycles. The zero-order valence-electron chi connectivity index (χ0n) is 9.50. The van der Waals surface area contributed by atoms with E-state index in [1.165, 1.54) is 18.5 Å². The predicted octanol–water partition coefficient (Wildman–Crippen LogP) is 2.03. The number of nitrogens with zero attached hydrogens (tertiary/aromatic N) is 1. The number of fused-ring (bicyclic) bond motifs is 5. The lowest BCUT2D eigenvalue weighted by Crippen LogP contribution is -2.38. The van der Waals surface area contributed by atoms with E-state index in [1.807, 2.05) is 6.92 Å². The van der Waals surface area contributed by atoms with Crippen LogP contribution in [0.3, 0.4) is 0 Å². The molecule has 1 N–H and O–H groups in total. The van der Waals surface area contributed by atoms with E-state index < -0.39 is 0 Å². The van der Waals surface area contributed by atoms with Crippen molar-refractivity contribution < 1.29 is 5.11 Å². The Hall–Kier alpha value is -1.02. The minimum absolute atomic E-state index is 0.388. The van der Waals surface area contributed by atoms with Gasteiger partial charge in [-0.25, -0.2) is 0 Å². The van der Waals surface area contributed by atoms with Gasteiger partial charge >= 0.3 is 0 Å². The van der Waals surface area contributed by atoms with Crippen molar-refractivity contribution >= 4 is 5.69 Å². The third-order valence-corrected chi connectivity index (χ3v) is 5.07. The van der Waals surface area contributed by atoms with Gasteiger partial charge in [-0.05, 0) is 31.9 Å². The molecule has 1 aromatic carbocycles. The quantitative estimate of drug-likeness (QED) is 0.724. The summed E-state index contributed by atoms with van der Waals surface area (Å²) in [5.74, 6) is 1.01. The summed E-state index contributed by atoms with van der Waals surface area (Å²) in [5, 5.41) is 10.4. The largest absolute Gasteiger partial charge is 0.389 e. The number of rotatable bonds is 1. The first-order valence-electron chi connectivity index (χ1n) is 6.27. The van der Waals surface area contributed by atoms with Crippen molar-refractivity contribution in [3.8, 4) is 0 Å².